The van der Waals surface area contributed by atoms with Gasteiger partial charge in [0, 0.05) is 28.8 Å². The fourth-order valence-electron chi connectivity index (χ4n) is 4.37. The molecule has 0 aliphatic carbocycles. The Labute approximate surface area is 187 Å². The quantitative estimate of drug-likeness (QED) is 0.329. The molecule has 2 aliphatic heterocycles. The van der Waals surface area contributed by atoms with E-state index in [1.807, 2.05) is 60.7 Å². The number of fused-ring (bicyclic) bond motifs is 6. The van der Waals surface area contributed by atoms with Crippen LogP contribution in [0.2, 0.25) is 0 Å². The van der Waals surface area contributed by atoms with Crippen LogP contribution in [0.25, 0.3) is 0 Å². The van der Waals surface area contributed by atoms with Crippen LogP contribution in [0, 0.1) is 0 Å². The molecule has 0 saturated heterocycles. The fraction of sp³-hybridized carbons (Fsp3) is 0.296. The summed E-state index contributed by atoms with van der Waals surface area (Å²) in [6.45, 7) is 5.46. The summed E-state index contributed by atoms with van der Waals surface area (Å²) in [6, 6.07) is 19.0. The number of hydrogen-bond donors (Lipinski definition) is 0. The van der Waals surface area contributed by atoms with Crippen LogP contribution in [0.3, 0.4) is 0 Å². The molecule has 0 fully saturated rings. The second kappa shape index (κ2) is 8.23. The SMILES string of the molecule is CCCCOc1ccc2c(c1)Oc1cc(OCCC)ccc1C21OC(=O)c2ccccc21. The zero-order chi connectivity index (χ0) is 22.1. The van der Waals surface area contributed by atoms with E-state index in [2.05, 4.69) is 13.8 Å². The fourth-order valence-corrected chi connectivity index (χ4v) is 4.37. The van der Waals surface area contributed by atoms with Gasteiger partial charge in [-0.25, -0.2) is 4.79 Å². The summed E-state index contributed by atoms with van der Waals surface area (Å²) in [6.07, 6.45) is 2.95. The Morgan fingerprint density at radius 1 is 0.781 bits per heavy atom. The van der Waals surface area contributed by atoms with Crippen molar-refractivity contribution < 1.29 is 23.7 Å². The summed E-state index contributed by atoms with van der Waals surface area (Å²) in [7, 11) is 0. The van der Waals surface area contributed by atoms with Crippen molar-refractivity contribution >= 4 is 5.97 Å². The Morgan fingerprint density at radius 3 is 2.09 bits per heavy atom. The van der Waals surface area contributed by atoms with Crippen LogP contribution in [0.5, 0.6) is 23.0 Å². The first-order valence-electron chi connectivity index (χ1n) is 11.2. The van der Waals surface area contributed by atoms with Crippen molar-refractivity contribution in [1.82, 2.24) is 0 Å². The average Bonchev–Trinajstić information content (AvgIpc) is 3.11. The molecule has 0 bridgehead atoms. The molecule has 164 valence electrons. The molecule has 0 N–H and O–H groups in total. The molecule has 5 rings (SSSR count). The maximum absolute atomic E-state index is 12.9. The van der Waals surface area contributed by atoms with Gasteiger partial charge in [-0.2, -0.15) is 0 Å². The first-order valence-corrected chi connectivity index (χ1v) is 11.2. The minimum atomic E-state index is -1.07. The van der Waals surface area contributed by atoms with Crippen molar-refractivity contribution in [2.24, 2.45) is 0 Å². The maximum atomic E-state index is 12.9. The van der Waals surface area contributed by atoms with E-state index in [4.69, 9.17) is 18.9 Å². The van der Waals surface area contributed by atoms with Crippen LogP contribution in [0.1, 0.15) is 60.2 Å². The largest absolute Gasteiger partial charge is 0.493 e. The average molecular weight is 431 g/mol. The molecule has 0 amide bonds. The summed E-state index contributed by atoms with van der Waals surface area (Å²) in [4.78, 5) is 12.9. The van der Waals surface area contributed by atoms with E-state index in [0.717, 1.165) is 47.5 Å². The lowest BCUT2D eigenvalue weighted by molar-refractivity contribution is 0.0224. The van der Waals surface area contributed by atoms with E-state index in [1.54, 1.807) is 0 Å². The molecule has 2 heterocycles. The number of rotatable bonds is 7. The molecule has 1 spiro atoms. The highest BCUT2D eigenvalue weighted by atomic mass is 16.6. The predicted molar refractivity (Wildman–Crippen MR) is 121 cm³/mol. The van der Waals surface area contributed by atoms with Crippen LogP contribution in [-0.4, -0.2) is 19.2 Å². The first-order chi connectivity index (χ1) is 15.7. The van der Waals surface area contributed by atoms with Crippen molar-refractivity contribution in [3.63, 3.8) is 0 Å². The third-order valence-electron chi connectivity index (χ3n) is 5.90. The molecular formula is C27H26O5. The van der Waals surface area contributed by atoms with Gasteiger partial charge in [-0.3, -0.25) is 0 Å². The van der Waals surface area contributed by atoms with Crippen molar-refractivity contribution in [3.8, 4) is 23.0 Å². The summed E-state index contributed by atoms with van der Waals surface area (Å²) in [5.74, 6) is 2.34. The summed E-state index contributed by atoms with van der Waals surface area (Å²) < 4.78 is 24.2. The van der Waals surface area contributed by atoms with Gasteiger partial charge in [-0.15, -0.1) is 0 Å². The lowest BCUT2D eigenvalue weighted by Gasteiger charge is -2.36. The third kappa shape index (κ3) is 3.20. The Bertz CT molecular complexity index is 1170. The van der Waals surface area contributed by atoms with E-state index >= 15 is 0 Å². The molecule has 2 aliphatic rings. The van der Waals surface area contributed by atoms with Gasteiger partial charge in [0.05, 0.1) is 18.8 Å². The molecule has 0 saturated carbocycles. The summed E-state index contributed by atoms with van der Waals surface area (Å²) in [5.41, 5.74) is 1.89. The maximum Gasteiger partial charge on any atom is 0.340 e. The van der Waals surface area contributed by atoms with Crippen LogP contribution in [0.15, 0.2) is 60.7 Å². The molecule has 1 unspecified atom stereocenters. The van der Waals surface area contributed by atoms with Crippen LogP contribution in [-0.2, 0) is 10.3 Å². The monoisotopic (exact) mass is 430 g/mol. The standard InChI is InChI=1S/C27H26O5/c1-3-5-15-30-19-11-13-23-25(17-19)31-24-16-18(29-14-4-2)10-12-22(24)27(23)21-9-7-6-8-20(21)26(28)32-27/h6-13,16-17H,3-5,14-15H2,1-2H3. The Hall–Kier alpha value is -3.47. The number of unbranched alkanes of at least 4 members (excludes halogenated alkanes) is 1. The second-order valence-corrected chi connectivity index (χ2v) is 8.08. The lowest BCUT2D eigenvalue weighted by Crippen LogP contribution is -2.33. The van der Waals surface area contributed by atoms with Crippen molar-refractivity contribution in [1.29, 1.82) is 0 Å². The van der Waals surface area contributed by atoms with E-state index in [-0.39, 0.29) is 5.97 Å². The summed E-state index contributed by atoms with van der Waals surface area (Å²) in [5, 5.41) is 0. The van der Waals surface area contributed by atoms with Crippen molar-refractivity contribution in [3.05, 3.63) is 82.9 Å². The molecule has 0 aromatic heterocycles. The highest BCUT2D eigenvalue weighted by Crippen LogP contribution is 2.57. The highest BCUT2D eigenvalue weighted by Gasteiger charge is 2.53. The third-order valence-corrected chi connectivity index (χ3v) is 5.90. The number of esters is 1. The number of benzene rings is 3. The van der Waals surface area contributed by atoms with Gasteiger partial charge in [0.1, 0.15) is 23.0 Å². The van der Waals surface area contributed by atoms with Gasteiger partial charge >= 0.3 is 5.97 Å². The van der Waals surface area contributed by atoms with Crippen molar-refractivity contribution in [2.45, 2.75) is 38.7 Å². The molecule has 5 nitrogen and oxygen atoms in total. The molecule has 5 heteroatoms. The van der Waals surface area contributed by atoms with E-state index < -0.39 is 5.60 Å². The molecular weight excluding hydrogens is 404 g/mol. The Balaban J connectivity index is 1.67. The number of carbonyl (C=O) groups excluding carboxylic acids is 1. The van der Waals surface area contributed by atoms with Crippen LogP contribution >= 0.6 is 0 Å². The molecule has 3 aromatic carbocycles. The molecule has 1 atom stereocenters. The van der Waals surface area contributed by atoms with Crippen LogP contribution in [0.4, 0.5) is 0 Å². The van der Waals surface area contributed by atoms with Gasteiger partial charge in [-0.1, -0.05) is 38.5 Å². The molecule has 32 heavy (non-hydrogen) atoms. The van der Waals surface area contributed by atoms with Gasteiger partial charge in [0.25, 0.3) is 0 Å². The highest BCUT2D eigenvalue weighted by molar-refractivity contribution is 5.97. The van der Waals surface area contributed by atoms with Gasteiger partial charge in [0.2, 0.25) is 0 Å². The minimum Gasteiger partial charge on any atom is -0.493 e. The number of hydrogen-bond acceptors (Lipinski definition) is 5. The zero-order valence-electron chi connectivity index (χ0n) is 18.4. The zero-order valence-corrected chi connectivity index (χ0v) is 18.4. The van der Waals surface area contributed by atoms with E-state index in [9.17, 15) is 4.79 Å². The van der Waals surface area contributed by atoms with E-state index in [1.165, 1.54) is 0 Å². The second-order valence-electron chi connectivity index (χ2n) is 8.08. The predicted octanol–water partition coefficient (Wildman–Crippen LogP) is 6.22. The van der Waals surface area contributed by atoms with Gasteiger partial charge < -0.3 is 18.9 Å². The van der Waals surface area contributed by atoms with Gasteiger partial charge in [0.15, 0.2) is 5.60 Å². The Kier molecular flexibility index (Phi) is 5.25. The van der Waals surface area contributed by atoms with Gasteiger partial charge in [-0.05, 0) is 43.2 Å². The first kappa shape index (κ1) is 20.4. The molecule has 0 radical (unpaired) electrons. The normalized spacial score (nSPS) is 17.8. The van der Waals surface area contributed by atoms with Crippen LogP contribution < -0.4 is 14.2 Å². The Morgan fingerprint density at radius 2 is 1.44 bits per heavy atom. The number of carbonyl (C=O) groups is 1. The topological polar surface area (TPSA) is 54.0 Å². The number of ether oxygens (including phenoxy) is 4. The minimum absolute atomic E-state index is 0.339. The lowest BCUT2D eigenvalue weighted by atomic mass is 9.77. The van der Waals surface area contributed by atoms with Crippen molar-refractivity contribution in [2.75, 3.05) is 13.2 Å². The summed E-state index contributed by atoms with van der Waals surface area (Å²) >= 11 is 0. The molecule has 3 aromatic rings. The smallest absolute Gasteiger partial charge is 0.340 e. The van der Waals surface area contributed by atoms with E-state index in [0.29, 0.717) is 30.3 Å².